The van der Waals surface area contributed by atoms with Crippen molar-refractivity contribution in [2.75, 3.05) is 38.5 Å². The molecule has 33 heavy (non-hydrogen) atoms. The molecule has 2 aliphatic rings. The quantitative estimate of drug-likeness (QED) is 0.607. The van der Waals surface area contributed by atoms with Gasteiger partial charge in [0.25, 0.3) is 0 Å². The van der Waals surface area contributed by atoms with Gasteiger partial charge in [0.05, 0.1) is 11.8 Å². The Morgan fingerprint density at radius 3 is 2.55 bits per heavy atom. The van der Waals surface area contributed by atoms with Gasteiger partial charge in [-0.25, -0.2) is 8.42 Å². The van der Waals surface area contributed by atoms with Crippen molar-refractivity contribution in [2.45, 2.75) is 51.6 Å². The zero-order chi connectivity index (χ0) is 23.4. The lowest BCUT2D eigenvalue weighted by Crippen LogP contribution is -2.57. The molecule has 10 heteroatoms. The zero-order valence-corrected chi connectivity index (χ0v) is 20.2. The fraction of sp³-hybridized carbons (Fsp3) is 0.609. The number of benzene rings is 1. The van der Waals surface area contributed by atoms with Crippen molar-refractivity contribution in [2.24, 2.45) is 0 Å². The lowest BCUT2D eigenvalue weighted by molar-refractivity contribution is -0.138. The van der Waals surface area contributed by atoms with Crippen LogP contribution in [0.15, 0.2) is 34.9 Å². The van der Waals surface area contributed by atoms with Gasteiger partial charge >= 0.3 is 0 Å². The Morgan fingerprint density at radius 2 is 1.85 bits per heavy atom. The summed E-state index contributed by atoms with van der Waals surface area (Å²) in [5, 5.41) is 4.11. The van der Waals surface area contributed by atoms with Crippen LogP contribution in [0.4, 0.5) is 0 Å². The Bertz CT molecular complexity index is 1030. The highest BCUT2D eigenvalue weighted by atomic mass is 32.2. The predicted molar refractivity (Wildman–Crippen MR) is 125 cm³/mol. The van der Waals surface area contributed by atoms with Crippen molar-refractivity contribution in [1.29, 1.82) is 0 Å². The van der Waals surface area contributed by atoms with Gasteiger partial charge in [0, 0.05) is 38.3 Å². The first-order valence-corrected chi connectivity index (χ1v) is 13.4. The number of rotatable bonds is 7. The molecule has 0 spiro atoms. The normalized spacial score (nSPS) is 21.8. The first kappa shape index (κ1) is 23.8. The molecule has 1 aromatic heterocycles. The highest BCUT2D eigenvalue weighted by molar-refractivity contribution is 7.89. The minimum Gasteiger partial charge on any atom is -0.339 e. The molecular weight excluding hydrogens is 442 g/mol. The second-order valence-corrected chi connectivity index (χ2v) is 10.8. The van der Waals surface area contributed by atoms with E-state index in [0.29, 0.717) is 57.3 Å². The maximum absolute atomic E-state index is 13.3. The van der Waals surface area contributed by atoms with Gasteiger partial charge in [0.2, 0.25) is 27.6 Å². The lowest BCUT2D eigenvalue weighted by Gasteiger charge is -2.41. The first-order chi connectivity index (χ1) is 15.9. The van der Waals surface area contributed by atoms with Crippen molar-refractivity contribution in [1.82, 2.24) is 24.2 Å². The lowest BCUT2D eigenvalue weighted by atomic mass is 10.0. The first-order valence-electron chi connectivity index (χ1n) is 11.8. The van der Waals surface area contributed by atoms with E-state index in [-0.39, 0.29) is 17.7 Å². The number of amides is 1. The molecule has 180 valence electrons. The van der Waals surface area contributed by atoms with Crippen LogP contribution in [0.2, 0.25) is 0 Å². The summed E-state index contributed by atoms with van der Waals surface area (Å²) in [5.41, 5.74) is 0.908. The molecule has 0 saturated carbocycles. The Morgan fingerprint density at radius 1 is 1.12 bits per heavy atom. The Hall–Kier alpha value is -2.30. The highest BCUT2D eigenvalue weighted by Crippen LogP contribution is 2.26. The number of hydrogen-bond donors (Lipinski definition) is 0. The fourth-order valence-corrected chi connectivity index (χ4v) is 6.41. The monoisotopic (exact) mass is 475 g/mol. The summed E-state index contributed by atoms with van der Waals surface area (Å²) in [6, 6.07) is 9.07. The molecule has 0 N–H and O–H groups in total. The third kappa shape index (κ3) is 5.28. The summed E-state index contributed by atoms with van der Waals surface area (Å²) >= 11 is 0. The van der Waals surface area contributed by atoms with Gasteiger partial charge in [-0.15, -0.1) is 0 Å². The third-order valence-corrected chi connectivity index (χ3v) is 8.64. The smallest absolute Gasteiger partial charge is 0.244 e. The van der Waals surface area contributed by atoms with Crippen molar-refractivity contribution in [3.63, 3.8) is 0 Å². The van der Waals surface area contributed by atoms with E-state index in [0.717, 1.165) is 18.4 Å². The molecule has 2 saturated heterocycles. The van der Waals surface area contributed by atoms with E-state index in [9.17, 15) is 13.2 Å². The molecule has 2 aromatic rings. The van der Waals surface area contributed by atoms with Crippen LogP contribution in [0.5, 0.6) is 0 Å². The van der Waals surface area contributed by atoms with E-state index in [1.165, 1.54) is 4.31 Å². The summed E-state index contributed by atoms with van der Waals surface area (Å²) in [7, 11) is -3.40. The molecule has 3 heterocycles. The van der Waals surface area contributed by atoms with Gasteiger partial charge in [0.1, 0.15) is 6.04 Å². The number of hydrogen-bond acceptors (Lipinski definition) is 7. The van der Waals surface area contributed by atoms with Crippen LogP contribution in [0.25, 0.3) is 11.4 Å². The van der Waals surface area contributed by atoms with Gasteiger partial charge < -0.3 is 9.42 Å². The highest BCUT2D eigenvalue weighted by Gasteiger charge is 2.39. The molecule has 1 amide bonds. The molecule has 0 bridgehead atoms. The number of carbonyl (C=O) groups excluding carboxylic acids is 1. The van der Waals surface area contributed by atoms with Crippen LogP contribution >= 0.6 is 0 Å². The fourth-order valence-electron chi connectivity index (χ4n) is 4.67. The van der Waals surface area contributed by atoms with Crippen molar-refractivity contribution < 1.29 is 17.7 Å². The maximum atomic E-state index is 13.3. The number of nitrogens with zero attached hydrogens (tertiary/aromatic N) is 5. The number of piperazine rings is 1. The van der Waals surface area contributed by atoms with Gasteiger partial charge in [0.15, 0.2) is 0 Å². The van der Waals surface area contributed by atoms with E-state index in [4.69, 9.17) is 4.52 Å². The molecule has 2 fully saturated rings. The summed E-state index contributed by atoms with van der Waals surface area (Å²) in [6.07, 6.45) is 2.85. The minimum atomic E-state index is -3.40. The van der Waals surface area contributed by atoms with Crippen LogP contribution < -0.4 is 0 Å². The molecule has 4 rings (SSSR count). The van der Waals surface area contributed by atoms with Crippen molar-refractivity contribution in [3.05, 3.63) is 36.2 Å². The van der Waals surface area contributed by atoms with E-state index in [1.54, 1.807) is 0 Å². The second-order valence-electron chi connectivity index (χ2n) is 8.80. The molecule has 9 nitrogen and oxygen atoms in total. The standard InChI is InChI=1S/C23H33N5O4S/c1-3-17-33(30,31)28-12-8-7-11-20(28)23(29)27-15-13-26(14-16-27)18(2)22-24-21(25-32-22)19-9-5-4-6-10-19/h4-6,9-10,18,20H,3,7-8,11-17H2,1-2H3. The van der Waals surface area contributed by atoms with E-state index in [1.807, 2.05) is 49.1 Å². The summed E-state index contributed by atoms with van der Waals surface area (Å²) < 4.78 is 32.4. The van der Waals surface area contributed by atoms with Crippen LogP contribution in [0.1, 0.15) is 51.5 Å². The van der Waals surface area contributed by atoms with E-state index >= 15 is 0 Å². The van der Waals surface area contributed by atoms with E-state index in [2.05, 4.69) is 15.0 Å². The molecule has 0 radical (unpaired) electrons. The van der Waals surface area contributed by atoms with Crippen LogP contribution in [-0.2, 0) is 14.8 Å². The minimum absolute atomic E-state index is 0.0640. The third-order valence-electron chi connectivity index (χ3n) is 6.56. The topological polar surface area (TPSA) is 99.9 Å². The van der Waals surface area contributed by atoms with Crippen LogP contribution in [0, 0.1) is 0 Å². The van der Waals surface area contributed by atoms with Gasteiger partial charge in [-0.2, -0.15) is 9.29 Å². The van der Waals surface area contributed by atoms with Crippen LogP contribution in [-0.4, -0.2) is 83.1 Å². The Kier molecular flexibility index (Phi) is 7.45. The Labute approximate surface area is 195 Å². The van der Waals surface area contributed by atoms with Crippen LogP contribution in [0.3, 0.4) is 0 Å². The van der Waals surface area contributed by atoms with E-state index < -0.39 is 16.1 Å². The number of sulfonamides is 1. The summed E-state index contributed by atoms with van der Waals surface area (Å²) in [5.74, 6) is 1.15. The summed E-state index contributed by atoms with van der Waals surface area (Å²) in [6.45, 7) is 6.78. The van der Waals surface area contributed by atoms with Gasteiger partial charge in [-0.1, -0.05) is 48.8 Å². The van der Waals surface area contributed by atoms with Gasteiger partial charge in [-0.3, -0.25) is 9.69 Å². The average Bonchev–Trinajstić information content (AvgIpc) is 3.34. The van der Waals surface area contributed by atoms with Gasteiger partial charge in [-0.05, 0) is 26.2 Å². The molecular formula is C23H33N5O4S. The largest absolute Gasteiger partial charge is 0.339 e. The number of aromatic nitrogens is 2. The molecule has 2 unspecified atom stereocenters. The second kappa shape index (κ2) is 10.3. The zero-order valence-electron chi connectivity index (χ0n) is 19.4. The SMILES string of the molecule is CCCS(=O)(=O)N1CCCCC1C(=O)N1CCN(C(C)c2nc(-c3ccccc3)no2)CC1. The summed E-state index contributed by atoms with van der Waals surface area (Å²) in [4.78, 5) is 21.9. The average molecular weight is 476 g/mol. The molecule has 1 aromatic carbocycles. The van der Waals surface area contributed by atoms with Crippen molar-refractivity contribution >= 4 is 15.9 Å². The molecule has 2 atom stereocenters. The maximum Gasteiger partial charge on any atom is 0.244 e. The molecule has 0 aliphatic carbocycles. The Balaban J connectivity index is 1.37. The number of piperidine rings is 1. The van der Waals surface area contributed by atoms with Crippen molar-refractivity contribution in [3.8, 4) is 11.4 Å². The molecule has 2 aliphatic heterocycles. The number of carbonyl (C=O) groups is 1. The predicted octanol–water partition coefficient (Wildman–Crippen LogP) is 2.54.